The van der Waals surface area contributed by atoms with Gasteiger partial charge in [-0.05, 0) is 24.6 Å². The van der Waals surface area contributed by atoms with Crippen LogP contribution in [-0.4, -0.2) is 51.0 Å². The van der Waals surface area contributed by atoms with Gasteiger partial charge in [-0.15, -0.1) is 0 Å². The fraction of sp³-hybridized carbons (Fsp3) is 0.429. The van der Waals surface area contributed by atoms with Crippen molar-refractivity contribution in [2.75, 3.05) is 37.9 Å². The van der Waals surface area contributed by atoms with Gasteiger partial charge in [0.05, 0.1) is 13.2 Å². The molecule has 28 heavy (non-hydrogen) atoms. The number of rotatable bonds is 3. The largest absolute Gasteiger partial charge is 0.496 e. The van der Waals surface area contributed by atoms with E-state index in [1.54, 1.807) is 6.92 Å². The van der Waals surface area contributed by atoms with Crippen LogP contribution >= 0.6 is 0 Å². The Bertz CT molecular complexity index is 919. The van der Waals surface area contributed by atoms with Gasteiger partial charge in [-0.2, -0.15) is 0 Å². The van der Waals surface area contributed by atoms with E-state index in [1.807, 2.05) is 30.3 Å². The minimum atomic E-state index is -0.961. The van der Waals surface area contributed by atoms with E-state index in [-0.39, 0.29) is 31.8 Å². The van der Waals surface area contributed by atoms with Crippen LogP contribution < -0.4 is 4.90 Å². The summed E-state index contributed by atoms with van der Waals surface area (Å²) in [6, 6.07) is 7.56. The Morgan fingerprint density at radius 2 is 2.14 bits per heavy atom. The number of anilines is 1. The fourth-order valence-electron chi connectivity index (χ4n) is 4.51. The molecule has 3 aliphatic heterocycles. The zero-order valence-corrected chi connectivity index (χ0v) is 15.6. The lowest BCUT2D eigenvalue weighted by Gasteiger charge is -2.31. The molecule has 7 heteroatoms. The molecule has 2 atom stereocenters. The summed E-state index contributed by atoms with van der Waals surface area (Å²) in [4.78, 5) is 27.3. The van der Waals surface area contributed by atoms with Gasteiger partial charge in [-0.25, -0.2) is 0 Å². The Morgan fingerprint density at radius 3 is 3.00 bits per heavy atom. The lowest BCUT2D eigenvalue weighted by Crippen LogP contribution is -2.45. The summed E-state index contributed by atoms with van der Waals surface area (Å²) in [6.07, 6.45) is 2.29. The maximum Gasteiger partial charge on any atom is 0.326 e. The highest BCUT2D eigenvalue weighted by molar-refractivity contribution is 6.13. The van der Waals surface area contributed by atoms with E-state index in [4.69, 9.17) is 18.9 Å². The normalized spacial score (nSPS) is 27.6. The molecule has 1 amide bonds. The summed E-state index contributed by atoms with van der Waals surface area (Å²) >= 11 is 0. The molecule has 1 spiro atoms. The van der Waals surface area contributed by atoms with Gasteiger partial charge >= 0.3 is 5.97 Å². The van der Waals surface area contributed by atoms with Crippen LogP contribution in [0.1, 0.15) is 18.9 Å². The van der Waals surface area contributed by atoms with Crippen molar-refractivity contribution < 1.29 is 28.5 Å². The molecule has 3 heterocycles. The average molecular weight is 383 g/mol. The van der Waals surface area contributed by atoms with Crippen molar-refractivity contribution in [1.82, 2.24) is 0 Å². The molecule has 0 N–H and O–H groups in total. The van der Waals surface area contributed by atoms with Gasteiger partial charge in [0.25, 0.3) is 0 Å². The first-order chi connectivity index (χ1) is 13.6. The van der Waals surface area contributed by atoms with Crippen LogP contribution in [0.5, 0.6) is 0 Å². The fourth-order valence-corrected chi connectivity index (χ4v) is 4.51. The van der Waals surface area contributed by atoms with Crippen LogP contribution in [0.3, 0.4) is 0 Å². The molecule has 1 fully saturated rings. The van der Waals surface area contributed by atoms with Crippen LogP contribution in [0.4, 0.5) is 5.69 Å². The van der Waals surface area contributed by atoms with Crippen molar-refractivity contribution in [2.45, 2.75) is 24.9 Å². The number of para-hydroxylation sites is 1. The minimum Gasteiger partial charge on any atom is -0.496 e. The number of amides is 1. The molecule has 4 aliphatic rings. The summed E-state index contributed by atoms with van der Waals surface area (Å²) in [5, 5.41) is 0. The van der Waals surface area contributed by atoms with Crippen molar-refractivity contribution in [2.24, 2.45) is 0 Å². The molecule has 0 saturated carbocycles. The zero-order chi connectivity index (χ0) is 19.3. The quantitative estimate of drug-likeness (QED) is 0.742. The van der Waals surface area contributed by atoms with Crippen LogP contribution in [0.2, 0.25) is 0 Å². The molecule has 1 aromatic carbocycles. The number of nitrogens with zero attached hydrogens (tertiary/aromatic N) is 1. The number of esters is 1. The summed E-state index contributed by atoms with van der Waals surface area (Å²) in [7, 11) is 0. The molecule has 0 aromatic heterocycles. The van der Waals surface area contributed by atoms with Gasteiger partial charge in [0.15, 0.2) is 0 Å². The SMILES string of the molecule is CCOC(=O)CN1C(=O)C2(COC3=C2C=C2OCCOC2C3)c2ccccc21. The molecular formula is C21H21NO6. The van der Waals surface area contributed by atoms with Crippen LogP contribution in [0, 0.1) is 0 Å². The molecular weight excluding hydrogens is 362 g/mol. The third-order valence-electron chi connectivity index (χ3n) is 5.73. The number of allylic oxidation sites excluding steroid dienone is 1. The van der Waals surface area contributed by atoms with Gasteiger partial charge in [-0.1, -0.05) is 18.2 Å². The third-order valence-corrected chi connectivity index (χ3v) is 5.73. The number of carbonyl (C=O) groups is 2. The van der Waals surface area contributed by atoms with E-state index in [1.165, 1.54) is 4.90 Å². The molecule has 0 radical (unpaired) electrons. The predicted octanol–water partition coefficient (Wildman–Crippen LogP) is 1.82. The number of hydrogen-bond acceptors (Lipinski definition) is 6. The first kappa shape index (κ1) is 17.3. The van der Waals surface area contributed by atoms with Crippen molar-refractivity contribution in [3.8, 4) is 0 Å². The zero-order valence-electron chi connectivity index (χ0n) is 15.6. The lowest BCUT2D eigenvalue weighted by molar-refractivity contribution is -0.142. The molecule has 2 unspecified atom stereocenters. The standard InChI is InChI=1S/C21H21NO6/c1-2-25-19(23)11-22-15-6-4-3-5-13(15)21(20(22)24)12-28-16-10-18-17(9-14(16)21)26-7-8-27-18/h3-6,9,18H,2,7-8,10-12H2,1H3. The first-order valence-electron chi connectivity index (χ1n) is 9.54. The number of ether oxygens (including phenoxy) is 4. The van der Waals surface area contributed by atoms with E-state index in [9.17, 15) is 9.59 Å². The topological polar surface area (TPSA) is 74.3 Å². The van der Waals surface area contributed by atoms with E-state index in [0.29, 0.717) is 19.6 Å². The van der Waals surface area contributed by atoms with Gasteiger partial charge in [-0.3, -0.25) is 14.5 Å². The van der Waals surface area contributed by atoms with Gasteiger partial charge in [0.2, 0.25) is 5.91 Å². The summed E-state index contributed by atoms with van der Waals surface area (Å²) < 4.78 is 22.6. The van der Waals surface area contributed by atoms with Gasteiger partial charge < -0.3 is 18.9 Å². The average Bonchev–Trinajstić information content (AvgIpc) is 3.19. The molecule has 1 saturated heterocycles. The molecule has 1 aromatic rings. The monoisotopic (exact) mass is 383 g/mol. The second kappa shape index (κ2) is 6.38. The Morgan fingerprint density at radius 1 is 1.29 bits per heavy atom. The molecule has 1 aliphatic carbocycles. The van der Waals surface area contributed by atoms with Crippen molar-refractivity contribution in [3.05, 3.63) is 53.0 Å². The van der Waals surface area contributed by atoms with E-state index in [2.05, 4.69) is 0 Å². The third kappa shape index (κ3) is 2.32. The van der Waals surface area contributed by atoms with E-state index >= 15 is 0 Å². The Labute approximate surface area is 162 Å². The summed E-state index contributed by atoms with van der Waals surface area (Å²) in [5.41, 5.74) is 1.42. The molecule has 0 bridgehead atoms. The number of benzene rings is 1. The van der Waals surface area contributed by atoms with Gasteiger partial charge in [0.1, 0.15) is 42.8 Å². The summed E-state index contributed by atoms with van der Waals surface area (Å²) in [5.74, 6) is 0.907. The first-order valence-corrected chi connectivity index (χ1v) is 9.54. The van der Waals surface area contributed by atoms with E-state index in [0.717, 1.165) is 28.3 Å². The summed E-state index contributed by atoms with van der Waals surface area (Å²) in [6.45, 7) is 3.16. The number of hydrogen-bond donors (Lipinski definition) is 0. The van der Waals surface area contributed by atoms with Crippen molar-refractivity contribution in [3.63, 3.8) is 0 Å². The van der Waals surface area contributed by atoms with Crippen LogP contribution in [-0.2, 0) is 34.0 Å². The smallest absolute Gasteiger partial charge is 0.326 e. The van der Waals surface area contributed by atoms with Crippen molar-refractivity contribution >= 4 is 17.6 Å². The molecule has 146 valence electrons. The van der Waals surface area contributed by atoms with Gasteiger partial charge in [0, 0.05) is 17.7 Å². The second-order valence-corrected chi connectivity index (χ2v) is 7.20. The Hall–Kier alpha value is -2.80. The number of fused-ring (bicyclic) bond motifs is 4. The minimum absolute atomic E-state index is 0.118. The lowest BCUT2D eigenvalue weighted by atomic mass is 9.74. The molecule has 5 rings (SSSR count). The van der Waals surface area contributed by atoms with E-state index < -0.39 is 11.4 Å². The Balaban J connectivity index is 1.58. The predicted molar refractivity (Wildman–Crippen MR) is 98.5 cm³/mol. The van der Waals surface area contributed by atoms with Crippen LogP contribution in [0.15, 0.2) is 47.4 Å². The highest BCUT2D eigenvalue weighted by atomic mass is 16.6. The highest BCUT2D eigenvalue weighted by Gasteiger charge is 2.58. The number of carbonyl (C=O) groups excluding carboxylic acids is 2. The maximum atomic E-state index is 13.6. The second-order valence-electron chi connectivity index (χ2n) is 7.20. The molecule has 7 nitrogen and oxygen atoms in total. The Kier molecular flexibility index (Phi) is 3.94. The maximum absolute atomic E-state index is 13.6. The van der Waals surface area contributed by atoms with Crippen LogP contribution in [0.25, 0.3) is 0 Å². The van der Waals surface area contributed by atoms with Crippen molar-refractivity contribution in [1.29, 1.82) is 0 Å². The highest BCUT2D eigenvalue weighted by Crippen LogP contribution is 2.53.